The molecular formula is C9H8N2OS. The zero-order chi connectivity index (χ0) is 9.26. The molecule has 4 heteroatoms. The van der Waals surface area contributed by atoms with Gasteiger partial charge in [0.15, 0.2) is 6.29 Å². The van der Waals surface area contributed by atoms with Gasteiger partial charge in [-0.3, -0.25) is 9.48 Å². The van der Waals surface area contributed by atoms with Crippen LogP contribution in [0, 0.1) is 0 Å². The SMILES string of the molecule is Cn1nccc1-c1cc(C=O)cs1. The van der Waals surface area contributed by atoms with E-state index in [-0.39, 0.29) is 0 Å². The van der Waals surface area contributed by atoms with Crippen molar-refractivity contribution in [2.45, 2.75) is 0 Å². The number of nitrogens with zero attached hydrogens (tertiary/aromatic N) is 2. The van der Waals surface area contributed by atoms with E-state index >= 15 is 0 Å². The lowest BCUT2D eigenvalue weighted by atomic mass is 10.3. The Morgan fingerprint density at radius 1 is 1.62 bits per heavy atom. The first-order valence-corrected chi connectivity index (χ1v) is 4.71. The number of aryl methyl sites for hydroxylation is 1. The Balaban J connectivity index is 2.46. The molecule has 3 nitrogen and oxygen atoms in total. The van der Waals surface area contributed by atoms with Crippen LogP contribution in [0.4, 0.5) is 0 Å². The predicted molar refractivity (Wildman–Crippen MR) is 51.9 cm³/mol. The quantitative estimate of drug-likeness (QED) is 0.682. The van der Waals surface area contributed by atoms with E-state index in [9.17, 15) is 4.79 Å². The molecule has 2 aromatic heterocycles. The summed E-state index contributed by atoms with van der Waals surface area (Å²) < 4.78 is 1.79. The number of carbonyl (C=O) groups is 1. The molecule has 0 spiro atoms. The van der Waals surface area contributed by atoms with Crippen LogP contribution in [-0.4, -0.2) is 16.1 Å². The number of rotatable bonds is 2. The molecule has 0 saturated heterocycles. The Morgan fingerprint density at radius 3 is 3.00 bits per heavy atom. The van der Waals surface area contributed by atoms with Crippen LogP contribution in [0.15, 0.2) is 23.7 Å². The highest BCUT2D eigenvalue weighted by Gasteiger charge is 2.04. The predicted octanol–water partition coefficient (Wildman–Crippen LogP) is 1.96. The number of carbonyl (C=O) groups excluding carboxylic acids is 1. The summed E-state index contributed by atoms with van der Waals surface area (Å²) in [5, 5.41) is 5.91. The fourth-order valence-electron chi connectivity index (χ4n) is 1.16. The largest absolute Gasteiger partial charge is 0.298 e. The van der Waals surface area contributed by atoms with Gasteiger partial charge in [-0.15, -0.1) is 11.3 Å². The minimum absolute atomic E-state index is 0.723. The summed E-state index contributed by atoms with van der Waals surface area (Å²) in [5.74, 6) is 0. The fourth-order valence-corrected chi connectivity index (χ4v) is 2.07. The highest BCUT2D eigenvalue weighted by atomic mass is 32.1. The van der Waals surface area contributed by atoms with Gasteiger partial charge in [0.1, 0.15) is 0 Å². The Hall–Kier alpha value is -1.42. The van der Waals surface area contributed by atoms with E-state index in [1.807, 2.05) is 24.6 Å². The van der Waals surface area contributed by atoms with Crippen LogP contribution in [0.3, 0.4) is 0 Å². The molecule has 0 bridgehead atoms. The molecule has 0 atom stereocenters. The average Bonchev–Trinajstić information content (AvgIpc) is 2.71. The number of aldehydes is 1. The summed E-state index contributed by atoms with van der Waals surface area (Å²) >= 11 is 1.55. The van der Waals surface area contributed by atoms with Crippen molar-refractivity contribution in [1.29, 1.82) is 0 Å². The second-order valence-corrected chi connectivity index (χ2v) is 3.61. The highest BCUT2D eigenvalue weighted by molar-refractivity contribution is 7.13. The summed E-state index contributed by atoms with van der Waals surface area (Å²) in [4.78, 5) is 11.5. The summed E-state index contributed by atoms with van der Waals surface area (Å²) in [7, 11) is 1.88. The van der Waals surface area contributed by atoms with Crippen molar-refractivity contribution in [2.75, 3.05) is 0 Å². The minimum Gasteiger partial charge on any atom is -0.298 e. The summed E-state index contributed by atoms with van der Waals surface area (Å²) in [5.41, 5.74) is 1.76. The van der Waals surface area contributed by atoms with E-state index in [2.05, 4.69) is 5.10 Å². The van der Waals surface area contributed by atoms with Crippen LogP contribution in [-0.2, 0) is 7.05 Å². The van der Waals surface area contributed by atoms with Crippen molar-refractivity contribution in [3.8, 4) is 10.6 Å². The second-order valence-electron chi connectivity index (χ2n) is 2.70. The summed E-state index contributed by atoms with van der Waals surface area (Å²) in [6.45, 7) is 0. The van der Waals surface area contributed by atoms with Gasteiger partial charge < -0.3 is 0 Å². The molecule has 0 aliphatic rings. The van der Waals surface area contributed by atoms with Gasteiger partial charge in [-0.25, -0.2) is 0 Å². The second kappa shape index (κ2) is 3.14. The standard InChI is InChI=1S/C9H8N2OS/c1-11-8(2-3-10-11)9-4-7(5-12)6-13-9/h2-6H,1H3. The van der Waals surface area contributed by atoms with Crippen LogP contribution in [0.2, 0.25) is 0 Å². The maximum atomic E-state index is 10.5. The van der Waals surface area contributed by atoms with Gasteiger partial charge in [0, 0.05) is 24.2 Å². The first kappa shape index (κ1) is 8.19. The van der Waals surface area contributed by atoms with Crippen LogP contribution in [0.5, 0.6) is 0 Å². The van der Waals surface area contributed by atoms with E-state index in [0.29, 0.717) is 0 Å². The van der Waals surface area contributed by atoms with Crippen LogP contribution in [0.25, 0.3) is 10.6 Å². The third kappa shape index (κ3) is 1.40. The number of thiophene rings is 1. The van der Waals surface area contributed by atoms with E-state index in [1.165, 1.54) is 0 Å². The van der Waals surface area contributed by atoms with Gasteiger partial charge in [-0.2, -0.15) is 5.10 Å². The van der Waals surface area contributed by atoms with Crippen molar-refractivity contribution in [2.24, 2.45) is 7.05 Å². The number of aromatic nitrogens is 2. The summed E-state index contributed by atoms with van der Waals surface area (Å²) in [6, 6.07) is 3.80. The fraction of sp³-hybridized carbons (Fsp3) is 0.111. The molecule has 2 rings (SSSR count). The molecule has 0 aromatic carbocycles. The van der Waals surface area contributed by atoms with Gasteiger partial charge in [-0.1, -0.05) is 0 Å². The van der Waals surface area contributed by atoms with Crippen molar-refractivity contribution < 1.29 is 4.79 Å². The zero-order valence-electron chi connectivity index (χ0n) is 7.10. The maximum Gasteiger partial charge on any atom is 0.150 e. The van der Waals surface area contributed by atoms with Gasteiger partial charge in [-0.05, 0) is 12.1 Å². The topological polar surface area (TPSA) is 34.9 Å². The van der Waals surface area contributed by atoms with Crippen molar-refractivity contribution in [1.82, 2.24) is 9.78 Å². The summed E-state index contributed by atoms with van der Waals surface area (Å²) in [6.07, 6.45) is 2.60. The third-order valence-electron chi connectivity index (χ3n) is 1.83. The molecule has 0 amide bonds. The Labute approximate surface area is 79.6 Å². The molecule has 0 N–H and O–H groups in total. The van der Waals surface area contributed by atoms with E-state index in [1.54, 1.807) is 22.2 Å². The molecule has 2 aromatic rings. The lowest BCUT2D eigenvalue weighted by Crippen LogP contribution is -1.91. The van der Waals surface area contributed by atoms with E-state index in [0.717, 1.165) is 22.4 Å². The molecule has 0 aliphatic heterocycles. The average molecular weight is 192 g/mol. The first-order chi connectivity index (χ1) is 6.31. The lowest BCUT2D eigenvalue weighted by molar-refractivity contribution is 0.112. The van der Waals surface area contributed by atoms with E-state index in [4.69, 9.17) is 0 Å². The smallest absolute Gasteiger partial charge is 0.150 e. The molecule has 0 unspecified atom stereocenters. The van der Waals surface area contributed by atoms with Crippen molar-refractivity contribution in [3.63, 3.8) is 0 Å². The number of hydrogen-bond donors (Lipinski definition) is 0. The van der Waals surface area contributed by atoms with Gasteiger partial charge in [0.2, 0.25) is 0 Å². The molecule has 2 heterocycles. The lowest BCUT2D eigenvalue weighted by Gasteiger charge is -1.95. The molecule has 0 aliphatic carbocycles. The van der Waals surface area contributed by atoms with Gasteiger partial charge in [0.05, 0.1) is 10.6 Å². The zero-order valence-corrected chi connectivity index (χ0v) is 7.91. The third-order valence-corrected chi connectivity index (χ3v) is 2.80. The monoisotopic (exact) mass is 192 g/mol. The Morgan fingerprint density at radius 2 is 2.46 bits per heavy atom. The molecule has 0 fully saturated rings. The Kier molecular flexibility index (Phi) is 1.98. The normalized spacial score (nSPS) is 10.2. The molecular weight excluding hydrogens is 184 g/mol. The minimum atomic E-state index is 0.723. The first-order valence-electron chi connectivity index (χ1n) is 3.83. The van der Waals surface area contributed by atoms with Crippen molar-refractivity contribution >= 4 is 17.6 Å². The molecule has 66 valence electrons. The van der Waals surface area contributed by atoms with Gasteiger partial charge >= 0.3 is 0 Å². The van der Waals surface area contributed by atoms with E-state index < -0.39 is 0 Å². The maximum absolute atomic E-state index is 10.5. The Bertz CT molecular complexity index is 430. The highest BCUT2D eigenvalue weighted by Crippen LogP contribution is 2.25. The molecule has 0 radical (unpaired) electrons. The van der Waals surface area contributed by atoms with Gasteiger partial charge in [0.25, 0.3) is 0 Å². The van der Waals surface area contributed by atoms with Crippen LogP contribution < -0.4 is 0 Å². The van der Waals surface area contributed by atoms with Crippen molar-refractivity contribution in [3.05, 3.63) is 29.3 Å². The number of hydrogen-bond acceptors (Lipinski definition) is 3. The van der Waals surface area contributed by atoms with Crippen LogP contribution >= 0.6 is 11.3 Å². The molecule has 13 heavy (non-hydrogen) atoms. The molecule has 0 saturated carbocycles. The van der Waals surface area contributed by atoms with Crippen LogP contribution in [0.1, 0.15) is 10.4 Å².